The number of hydrogen-bond donors (Lipinski definition) is 1. The molecule has 2 unspecified atom stereocenters. The molecule has 1 heterocycles. The lowest BCUT2D eigenvalue weighted by Crippen LogP contribution is -2.38. The minimum absolute atomic E-state index is 0.134. The van der Waals surface area contributed by atoms with Crippen LogP contribution in [0.4, 0.5) is 0 Å². The molecule has 0 radical (unpaired) electrons. The van der Waals surface area contributed by atoms with E-state index in [0.29, 0.717) is 11.5 Å². The summed E-state index contributed by atoms with van der Waals surface area (Å²) in [6, 6.07) is 0.700. The summed E-state index contributed by atoms with van der Waals surface area (Å²) in [6.45, 7) is 11.0. The zero-order valence-electron chi connectivity index (χ0n) is 10.8. The van der Waals surface area contributed by atoms with Crippen LogP contribution in [0.3, 0.4) is 0 Å². The predicted octanol–water partition coefficient (Wildman–Crippen LogP) is 2.66. The van der Waals surface area contributed by atoms with Gasteiger partial charge in [-0.1, -0.05) is 27.7 Å². The molecular formula is C13H27NO. The summed E-state index contributed by atoms with van der Waals surface area (Å²) in [5.74, 6) is 0. The normalized spacial score (nSPS) is 25.8. The van der Waals surface area contributed by atoms with Crippen LogP contribution in [-0.4, -0.2) is 35.2 Å². The van der Waals surface area contributed by atoms with Gasteiger partial charge in [0.2, 0.25) is 0 Å². The zero-order chi connectivity index (χ0) is 11.5. The Labute approximate surface area is 94.7 Å². The van der Waals surface area contributed by atoms with Gasteiger partial charge in [-0.15, -0.1) is 0 Å². The van der Waals surface area contributed by atoms with E-state index in [2.05, 4.69) is 32.6 Å². The maximum atomic E-state index is 9.69. The van der Waals surface area contributed by atoms with Gasteiger partial charge in [-0.25, -0.2) is 0 Å². The van der Waals surface area contributed by atoms with Crippen molar-refractivity contribution in [2.45, 2.75) is 65.5 Å². The van der Waals surface area contributed by atoms with E-state index < -0.39 is 0 Å². The molecule has 0 aliphatic carbocycles. The second kappa shape index (κ2) is 5.31. The molecule has 90 valence electrons. The zero-order valence-corrected chi connectivity index (χ0v) is 10.8. The smallest absolute Gasteiger partial charge is 0.0664 e. The molecule has 1 fully saturated rings. The van der Waals surface area contributed by atoms with Gasteiger partial charge < -0.3 is 5.11 Å². The minimum atomic E-state index is -0.134. The van der Waals surface area contributed by atoms with Gasteiger partial charge in [-0.2, -0.15) is 0 Å². The standard InChI is InChI=1S/C13H27NO/c1-5-12(15)10-14-8-6-7-11(14)9-13(2,3)4/h11-12,15H,5-10H2,1-4H3. The number of aliphatic hydroxyl groups excluding tert-OH is 1. The molecule has 2 nitrogen and oxygen atoms in total. The largest absolute Gasteiger partial charge is 0.392 e. The van der Waals surface area contributed by atoms with Gasteiger partial charge in [-0.3, -0.25) is 4.90 Å². The number of hydrogen-bond acceptors (Lipinski definition) is 2. The Bertz CT molecular complexity index is 185. The molecule has 0 aromatic carbocycles. The van der Waals surface area contributed by atoms with Gasteiger partial charge >= 0.3 is 0 Å². The average molecular weight is 213 g/mol. The molecule has 1 aliphatic heterocycles. The van der Waals surface area contributed by atoms with Gasteiger partial charge in [0.05, 0.1) is 6.10 Å². The first-order chi connectivity index (χ1) is 6.92. The van der Waals surface area contributed by atoms with E-state index in [0.717, 1.165) is 13.0 Å². The van der Waals surface area contributed by atoms with Crippen molar-refractivity contribution in [3.05, 3.63) is 0 Å². The highest BCUT2D eigenvalue weighted by Crippen LogP contribution is 2.29. The lowest BCUT2D eigenvalue weighted by Gasteiger charge is -2.31. The molecule has 1 aliphatic rings. The van der Waals surface area contributed by atoms with Crippen molar-refractivity contribution in [2.24, 2.45) is 5.41 Å². The lowest BCUT2D eigenvalue weighted by molar-refractivity contribution is 0.0907. The molecular weight excluding hydrogens is 186 g/mol. The molecule has 2 heteroatoms. The third kappa shape index (κ3) is 4.52. The summed E-state index contributed by atoms with van der Waals surface area (Å²) in [6.07, 6.45) is 4.61. The molecule has 2 atom stereocenters. The van der Waals surface area contributed by atoms with Crippen LogP contribution < -0.4 is 0 Å². The van der Waals surface area contributed by atoms with Crippen LogP contribution in [0.5, 0.6) is 0 Å². The van der Waals surface area contributed by atoms with Gasteiger partial charge in [0.25, 0.3) is 0 Å². The Balaban J connectivity index is 2.43. The molecule has 0 aromatic heterocycles. The van der Waals surface area contributed by atoms with Crippen LogP contribution in [0.15, 0.2) is 0 Å². The number of aliphatic hydroxyl groups is 1. The van der Waals surface area contributed by atoms with Crippen molar-refractivity contribution in [1.82, 2.24) is 4.90 Å². The fourth-order valence-electron chi connectivity index (χ4n) is 2.47. The van der Waals surface area contributed by atoms with E-state index in [-0.39, 0.29) is 6.10 Å². The Hall–Kier alpha value is -0.0800. The summed E-state index contributed by atoms with van der Waals surface area (Å²) in [4.78, 5) is 2.49. The van der Waals surface area contributed by atoms with E-state index in [1.165, 1.54) is 25.8 Å². The van der Waals surface area contributed by atoms with Crippen LogP contribution in [0, 0.1) is 5.41 Å². The van der Waals surface area contributed by atoms with Crippen molar-refractivity contribution >= 4 is 0 Å². The molecule has 0 bridgehead atoms. The van der Waals surface area contributed by atoms with Crippen molar-refractivity contribution in [1.29, 1.82) is 0 Å². The molecule has 1 rings (SSSR count). The van der Waals surface area contributed by atoms with Gasteiger partial charge in [-0.05, 0) is 37.6 Å². The summed E-state index contributed by atoms with van der Waals surface area (Å²) in [5, 5.41) is 9.69. The molecule has 0 saturated carbocycles. The Morgan fingerprint density at radius 3 is 2.60 bits per heavy atom. The van der Waals surface area contributed by atoms with E-state index in [4.69, 9.17) is 0 Å². The molecule has 0 spiro atoms. The van der Waals surface area contributed by atoms with Gasteiger partial charge in [0.1, 0.15) is 0 Å². The lowest BCUT2D eigenvalue weighted by atomic mass is 9.87. The van der Waals surface area contributed by atoms with E-state index in [1.54, 1.807) is 0 Å². The minimum Gasteiger partial charge on any atom is -0.392 e. The fraction of sp³-hybridized carbons (Fsp3) is 1.00. The van der Waals surface area contributed by atoms with Crippen LogP contribution in [0.25, 0.3) is 0 Å². The summed E-state index contributed by atoms with van der Waals surface area (Å²) in [7, 11) is 0. The van der Waals surface area contributed by atoms with Crippen LogP contribution >= 0.6 is 0 Å². The number of rotatable bonds is 4. The quantitative estimate of drug-likeness (QED) is 0.776. The summed E-state index contributed by atoms with van der Waals surface area (Å²) >= 11 is 0. The average Bonchev–Trinajstić information content (AvgIpc) is 2.50. The molecule has 15 heavy (non-hydrogen) atoms. The highest BCUT2D eigenvalue weighted by atomic mass is 16.3. The Morgan fingerprint density at radius 2 is 2.07 bits per heavy atom. The third-order valence-electron chi connectivity index (χ3n) is 3.26. The first-order valence-electron chi connectivity index (χ1n) is 6.34. The fourth-order valence-corrected chi connectivity index (χ4v) is 2.47. The van der Waals surface area contributed by atoms with E-state index in [9.17, 15) is 5.11 Å². The first kappa shape index (κ1) is 13.0. The van der Waals surface area contributed by atoms with Crippen LogP contribution in [-0.2, 0) is 0 Å². The SMILES string of the molecule is CCC(O)CN1CCCC1CC(C)(C)C. The Morgan fingerprint density at radius 1 is 1.40 bits per heavy atom. The van der Waals surface area contributed by atoms with Gasteiger partial charge in [0.15, 0.2) is 0 Å². The second-order valence-electron chi connectivity index (χ2n) is 6.12. The van der Waals surface area contributed by atoms with Crippen LogP contribution in [0.1, 0.15) is 53.4 Å². The third-order valence-corrected chi connectivity index (χ3v) is 3.26. The number of likely N-dealkylation sites (tertiary alicyclic amines) is 1. The van der Waals surface area contributed by atoms with Crippen molar-refractivity contribution in [3.8, 4) is 0 Å². The van der Waals surface area contributed by atoms with Crippen LogP contribution in [0.2, 0.25) is 0 Å². The van der Waals surface area contributed by atoms with Crippen molar-refractivity contribution in [3.63, 3.8) is 0 Å². The monoisotopic (exact) mass is 213 g/mol. The van der Waals surface area contributed by atoms with E-state index >= 15 is 0 Å². The van der Waals surface area contributed by atoms with Crippen molar-refractivity contribution in [2.75, 3.05) is 13.1 Å². The Kier molecular flexibility index (Phi) is 4.60. The number of β-amino-alcohol motifs (C(OH)–C–C–N with tert-alkyl or cyclic N) is 1. The molecule has 1 saturated heterocycles. The molecule has 0 amide bonds. The molecule has 0 aromatic rings. The highest BCUT2D eigenvalue weighted by Gasteiger charge is 2.29. The number of nitrogens with zero attached hydrogens (tertiary/aromatic N) is 1. The van der Waals surface area contributed by atoms with Gasteiger partial charge in [0, 0.05) is 12.6 Å². The second-order valence-corrected chi connectivity index (χ2v) is 6.12. The first-order valence-corrected chi connectivity index (χ1v) is 6.34. The maximum absolute atomic E-state index is 9.69. The summed E-state index contributed by atoms with van der Waals surface area (Å²) in [5.41, 5.74) is 0.407. The highest BCUT2D eigenvalue weighted by molar-refractivity contribution is 4.84. The van der Waals surface area contributed by atoms with Crippen molar-refractivity contribution < 1.29 is 5.11 Å². The molecule has 1 N–H and O–H groups in total. The summed E-state index contributed by atoms with van der Waals surface area (Å²) < 4.78 is 0. The van der Waals surface area contributed by atoms with E-state index in [1.807, 2.05) is 0 Å². The topological polar surface area (TPSA) is 23.5 Å². The predicted molar refractivity (Wildman–Crippen MR) is 65.0 cm³/mol. The maximum Gasteiger partial charge on any atom is 0.0664 e.